The Kier molecular flexibility index (Phi) is 5.36. The van der Waals surface area contributed by atoms with E-state index in [4.69, 9.17) is 16.3 Å². The Bertz CT molecular complexity index is 374. The van der Waals surface area contributed by atoms with E-state index in [1.807, 2.05) is 25.2 Å². The van der Waals surface area contributed by atoms with Crippen molar-refractivity contribution in [1.29, 1.82) is 0 Å². The van der Waals surface area contributed by atoms with Crippen molar-refractivity contribution < 1.29 is 4.74 Å². The molecule has 16 heavy (non-hydrogen) atoms. The van der Waals surface area contributed by atoms with Crippen LogP contribution in [0.25, 0.3) is 6.08 Å². The SMILES string of the molecule is CCC(=Cc1ccc(OC)c(Cl)c1)CNC. The van der Waals surface area contributed by atoms with Gasteiger partial charge in [0.05, 0.1) is 12.1 Å². The predicted molar refractivity (Wildman–Crippen MR) is 70.2 cm³/mol. The lowest BCUT2D eigenvalue weighted by Crippen LogP contribution is -2.09. The lowest BCUT2D eigenvalue weighted by molar-refractivity contribution is 0.415. The largest absolute Gasteiger partial charge is 0.495 e. The molecule has 0 aliphatic rings. The fraction of sp³-hybridized carbons (Fsp3) is 0.385. The van der Waals surface area contributed by atoms with Gasteiger partial charge in [0.1, 0.15) is 5.75 Å². The lowest BCUT2D eigenvalue weighted by Gasteiger charge is -2.06. The van der Waals surface area contributed by atoms with E-state index >= 15 is 0 Å². The smallest absolute Gasteiger partial charge is 0.137 e. The highest BCUT2D eigenvalue weighted by molar-refractivity contribution is 6.32. The number of halogens is 1. The minimum Gasteiger partial charge on any atom is -0.495 e. The van der Waals surface area contributed by atoms with E-state index in [0.717, 1.165) is 18.5 Å². The Balaban J connectivity index is 2.92. The van der Waals surface area contributed by atoms with E-state index in [9.17, 15) is 0 Å². The summed E-state index contributed by atoms with van der Waals surface area (Å²) in [6.45, 7) is 3.05. The molecule has 0 saturated carbocycles. The van der Waals surface area contributed by atoms with Crippen molar-refractivity contribution in [2.75, 3.05) is 20.7 Å². The zero-order chi connectivity index (χ0) is 12.0. The maximum atomic E-state index is 6.06. The number of ether oxygens (including phenoxy) is 1. The zero-order valence-corrected chi connectivity index (χ0v) is 10.8. The monoisotopic (exact) mass is 239 g/mol. The maximum absolute atomic E-state index is 6.06. The van der Waals surface area contributed by atoms with Crippen LogP contribution < -0.4 is 10.1 Å². The van der Waals surface area contributed by atoms with Gasteiger partial charge in [0, 0.05) is 6.54 Å². The summed E-state index contributed by atoms with van der Waals surface area (Å²) in [5.74, 6) is 0.713. The second-order valence-corrected chi connectivity index (χ2v) is 3.99. The fourth-order valence-corrected chi connectivity index (χ4v) is 1.78. The van der Waals surface area contributed by atoms with Gasteiger partial charge < -0.3 is 10.1 Å². The van der Waals surface area contributed by atoms with Crippen LogP contribution in [0.1, 0.15) is 18.9 Å². The van der Waals surface area contributed by atoms with Crippen molar-refractivity contribution in [3.8, 4) is 5.75 Å². The molecule has 1 aromatic rings. The topological polar surface area (TPSA) is 21.3 Å². The summed E-state index contributed by atoms with van der Waals surface area (Å²) >= 11 is 6.06. The van der Waals surface area contributed by atoms with E-state index < -0.39 is 0 Å². The average Bonchev–Trinajstić information content (AvgIpc) is 2.28. The van der Waals surface area contributed by atoms with Crippen molar-refractivity contribution in [2.24, 2.45) is 0 Å². The van der Waals surface area contributed by atoms with Crippen LogP contribution in [-0.4, -0.2) is 20.7 Å². The molecular weight excluding hydrogens is 222 g/mol. The van der Waals surface area contributed by atoms with Crippen molar-refractivity contribution in [1.82, 2.24) is 5.32 Å². The Morgan fingerprint density at radius 3 is 2.75 bits per heavy atom. The number of hydrogen-bond donors (Lipinski definition) is 1. The first-order valence-corrected chi connectivity index (χ1v) is 5.76. The molecule has 0 spiro atoms. The van der Waals surface area contributed by atoms with Crippen LogP contribution in [-0.2, 0) is 0 Å². The summed E-state index contributed by atoms with van der Waals surface area (Å²) in [7, 11) is 3.57. The van der Waals surface area contributed by atoms with Crippen LogP contribution in [0.2, 0.25) is 5.02 Å². The van der Waals surface area contributed by atoms with Gasteiger partial charge in [-0.15, -0.1) is 0 Å². The molecule has 0 aliphatic heterocycles. The summed E-state index contributed by atoms with van der Waals surface area (Å²) < 4.78 is 5.11. The molecule has 88 valence electrons. The van der Waals surface area contributed by atoms with Gasteiger partial charge in [-0.3, -0.25) is 0 Å². The Morgan fingerprint density at radius 1 is 1.50 bits per heavy atom. The lowest BCUT2D eigenvalue weighted by atomic mass is 10.1. The Hall–Kier alpha value is -0.990. The van der Waals surface area contributed by atoms with E-state index in [1.54, 1.807) is 7.11 Å². The van der Waals surface area contributed by atoms with Crippen molar-refractivity contribution >= 4 is 17.7 Å². The molecule has 1 N–H and O–H groups in total. The summed E-state index contributed by atoms with van der Waals surface area (Å²) in [6, 6.07) is 5.82. The van der Waals surface area contributed by atoms with Crippen molar-refractivity contribution in [2.45, 2.75) is 13.3 Å². The van der Waals surface area contributed by atoms with Crippen LogP contribution in [0.15, 0.2) is 23.8 Å². The fourth-order valence-electron chi connectivity index (χ4n) is 1.51. The standard InChI is InChI=1S/C13H18ClNO/c1-4-10(9-15-2)7-11-5-6-13(16-3)12(14)8-11/h5-8,15H,4,9H2,1-3H3. The van der Waals surface area contributed by atoms with Crippen LogP contribution in [0.3, 0.4) is 0 Å². The van der Waals surface area contributed by atoms with E-state index in [2.05, 4.69) is 18.3 Å². The van der Waals surface area contributed by atoms with Crippen LogP contribution in [0.5, 0.6) is 5.75 Å². The van der Waals surface area contributed by atoms with Gasteiger partial charge >= 0.3 is 0 Å². The second-order valence-electron chi connectivity index (χ2n) is 3.58. The molecule has 0 atom stereocenters. The molecule has 0 heterocycles. The van der Waals surface area contributed by atoms with Crippen LogP contribution >= 0.6 is 11.6 Å². The molecule has 0 aliphatic carbocycles. The van der Waals surface area contributed by atoms with E-state index in [0.29, 0.717) is 10.8 Å². The zero-order valence-electron chi connectivity index (χ0n) is 10.0. The molecule has 1 rings (SSSR count). The maximum Gasteiger partial charge on any atom is 0.137 e. The number of rotatable bonds is 5. The normalized spacial score (nSPS) is 11.6. The van der Waals surface area contributed by atoms with Crippen molar-refractivity contribution in [3.05, 3.63) is 34.4 Å². The number of likely N-dealkylation sites (N-methyl/N-ethyl adjacent to an activating group) is 1. The Morgan fingerprint density at radius 2 is 2.25 bits per heavy atom. The molecular formula is C13H18ClNO. The third-order valence-corrected chi connectivity index (χ3v) is 2.70. The third kappa shape index (κ3) is 3.54. The molecule has 0 amide bonds. The van der Waals surface area contributed by atoms with Gasteiger partial charge in [0.2, 0.25) is 0 Å². The number of methoxy groups -OCH3 is 1. The first kappa shape index (κ1) is 13.1. The van der Waals surface area contributed by atoms with Crippen molar-refractivity contribution in [3.63, 3.8) is 0 Å². The van der Waals surface area contributed by atoms with Crippen LogP contribution in [0.4, 0.5) is 0 Å². The molecule has 3 heteroatoms. The van der Waals surface area contributed by atoms with Gasteiger partial charge in [-0.2, -0.15) is 0 Å². The summed E-state index contributed by atoms with van der Waals surface area (Å²) in [4.78, 5) is 0. The molecule has 2 nitrogen and oxygen atoms in total. The number of benzene rings is 1. The second kappa shape index (κ2) is 6.56. The van der Waals surface area contributed by atoms with Crippen LogP contribution in [0, 0.1) is 0 Å². The van der Waals surface area contributed by atoms with E-state index in [-0.39, 0.29) is 0 Å². The van der Waals surface area contributed by atoms with Gasteiger partial charge in [0.25, 0.3) is 0 Å². The average molecular weight is 240 g/mol. The predicted octanol–water partition coefficient (Wildman–Crippen LogP) is 3.36. The summed E-state index contributed by atoms with van der Waals surface area (Å²) in [5, 5.41) is 3.80. The molecule has 0 saturated heterocycles. The minimum absolute atomic E-state index is 0.649. The Labute approximate surface area is 102 Å². The molecule has 0 radical (unpaired) electrons. The molecule has 0 unspecified atom stereocenters. The van der Waals surface area contributed by atoms with Gasteiger partial charge in [-0.1, -0.05) is 36.2 Å². The third-order valence-electron chi connectivity index (χ3n) is 2.40. The highest BCUT2D eigenvalue weighted by atomic mass is 35.5. The number of hydrogen-bond acceptors (Lipinski definition) is 2. The molecule has 0 fully saturated rings. The number of nitrogens with one attached hydrogen (secondary N) is 1. The molecule has 0 bridgehead atoms. The van der Waals surface area contributed by atoms with E-state index in [1.165, 1.54) is 5.57 Å². The van der Waals surface area contributed by atoms with Gasteiger partial charge in [0.15, 0.2) is 0 Å². The molecule has 0 aromatic heterocycles. The summed E-state index contributed by atoms with van der Waals surface area (Å²) in [5.41, 5.74) is 2.46. The minimum atomic E-state index is 0.649. The van der Waals surface area contributed by atoms with Gasteiger partial charge in [-0.25, -0.2) is 0 Å². The highest BCUT2D eigenvalue weighted by Crippen LogP contribution is 2.26. The summed E-state index contributed by atoms with van der Waals surface area (Å²) in [6.07, 6.45) is 3.19. The first-order valence-electron chi connectivity index (χ1n) is 5.38. The quantitative estimate of drug-likeness (QED) is 0.851. The molecule has 1 aromatic carbocycles. The van der Waals surface area contributed by atoms with Gasteiger partial charge in [-0.05, 0) is 31.2 Å². The first-order chi connectivity index (χ1) is 7.71. The highest BCUT2D eigenvalue weighted by Gasteiger charge is 2.01.